The molecule has 0 saturated heterocycles. The Balaban J connectivity index is 3.41. The Morgan fingerprint density at radius 2 is 0.571 bits per heavy atom. The highest BCUT2D eigenvalue weighted by molar-refractivity contribution is 5.70. The van der Waals surface area contributed by atoms with Crippen LogP contribution in [0.1, 0.15) is 348 Å². The van der Waals surface area contributed by atoms with Crippen LogP contribution in [0.25, 0.3) is 0 Å². The summed E-state index contributed by atoms with van der Waals surface area (Å²) in [4.78, 5) is 24.6. The van der Waals surface area contributed by atoms with Crippen molar-refractivity contribution < 1.29 is 24.2 Å². The molecule has 0 aliphatic heterocycles. The van der Waals surface area contributed by atoms with Gasteiger partial charge in [-0.1, -0.05) is 320 Å². The molecule has 0 radical (unpaired) electrons. The Kier molecular flexibility index (Phi) is 59.8. The summed E-state index contributed by atoms with van der Waals surface area (Å²) in [6.07, 6.45) is 80.1. The van der Waals surface area contributed by atoms with Crippen molar-refractivity contribution in [1.29, 1.82) is 0 Å². The van der Waals surface area contributed by atoms with Crippen LogP contribution >= 0.6 is 0 Å². The first-order valence-electron chi connectivity index (χ1n) is 31.5. The zero-order valence-corrected chi connectivity index (χ0v) is 47.3. The summed E-state index contributed by atoms with van der Waals surface area (Å²) in [6.45, 7) is 4.17. The van der Waals surface area contributed by atoms with E-state index < -0.39 is 6.10 Å². The quantitative estimate of drug-likeness (QED) is 0.0373. The standard InChI is InChI=1S/C65H122O5/c1-3-5-7-9-11-13-15-17-19-21-23-25-27-28-29-30-31-32-33-34-35-36-38-39-41-43-45-47-49-51-53-55-57-59-64(67)69-62-63(61-66)70-65(68)60-58-56-54-52-50-48-46-44-42-40-37-26-24-22-20-18-16-14-12-10-8-6-4-2/h16,18,22,24,37,40,63,66H,3-15,17,19-21,23,25-36,38-39,41-62H2,1-2H3/b18-16-,24-22-,40-37-. The van der Waals surface area contributed by atoms with E-state index in [-0.39, 0.29) is 25.2 Å². The minimum Gasteiger partial charge on any atom is -0.462 e. The molecule has 0 bridgehead atoms. The molecule has 1 atom stereocenters. The van der Waals surface area contributed by atoms with Gasteiger partial charge in [-0.25, -0.2) is 0 Å². The van der Waals surface area contributed by atoms with Crippen molar-refractivity contribution in [3.05, 3.63) is 36.5 Å². The van der Waals surface area contributed by atoms with E-state index in [0.717, 1.165) is 51.4 Å². The zero-order valence-electron chi connectivity index (χ0n) is 47.3. The van der Waals surface area contributed by atoms with Crippen LogP contribution < -0.4 is 0 Å². The average molecular weight is 984 g/mol. The highest BCUT2D eigenvalue weighted by Gasteiger charge is 2.16. The molecule has 1 N–H and O–H groups in total. The topological polar surface area (TPSA) is 72.8 Å². The van der Waals surface area contributed by atoms with E-state index in [0.29, 0.717) is 12.8 Å². The van der Waals surface area contributed by atoms with Crippen LogP contribution in [0.15, 0.2) is 36.5 Å². The smallest absolute Gasteiger partial charge is 0.306 e. The van der Waals surface area contributed by atoms with Crippen LogP contribution in [0.2, 0.25) is 0 Å². The number of ether oxygens (including phenoxy) is 2. The second kappa shape index (κ2) is 61.4. The van der Waals surface area contributed by atoms with E-state index in [1.165, 1.54) is 270 Å². The molecular weight excluding hydrogens is 861 g/mol. The summed E-state index contributed by atoms with van der Waals surface area (Å²) in [5, 5.41) is 9.67. The van der Waals surface area contributed by atoms with Gasteiger partial charge in [0.25, 0.3) is 0 Å². The van der Waals surface area contributed by atoms with Gasteiger partial charge in [0.2, 0.25) is 0 Å². The second-order valence-corrected chi connectivity index (χ2v) is 21.5. The number of hydrogen-bond acceptors (Lipinski definition) is 5. The number of carbonyl (C=O) groups excluding carboxylic acids is 2. The number of allylic oxidation sites excluding steroid dienone is 6. The molecule has 0 rings (SSSR count). The van der Waals surface area contributed by atoms with Crippen molar-refractivity contribution in [2.75, 3.05) is 13.2 Å². The summed E-state index contributed by atoms with van der Waals surface area (Å²) in [6, 6.07) is 0. The van der Waals surface area contributed by atoms with Crippen molar-refractivity contribution in [3.8, 4) is 0 Å². The Hall–Kier alpha value is -1.88. The maximum atomic E-state index is 12.3. The average Bonchev–Trinajstić information content (AvgIpc) is 3.36. The maximum absolute atomic E-state index is 12.3. The highest BCUT2D eigenvalue weighted by Crippen LogP contribution is 2.18. The van der Waals surface area contributed by atoms with E-state index in [1.54, 1.807) is 0 Å². The summed E-state index contributed by atoms with van der Waals surface area (Å²) >= 11 is 0. The third-order valence-corrected chi connectivity index (χ3v) is 14.4. The Morgan fingerprint density at radius 1 is 0.329 bits per heavy atom. The summed E-state index contributed by atoms with van der Waals surface area (Å²) in [5.41, 5.74) is 0. The van der Waals surface area contributed by atoms with Gasteiger partial charge in [-0.15, -0.1) is 0 Å². The minimum atomic E-state index is -0.775. The predicted molar refractivity (Wildman–Crippen MR) is 307 cm³/mol. The van der Waals surface area contributed by atoms with E-state index >= 15 is 0 Å². The lowest BCUT2D eigenvalue weighted by atomic mass is 10.0. The first-order chi connectivity index (χ1) is 34.6. The molecule has 70 heavy (non-hydrogen) atoms. The molecule has 0 aromatic carbocycles. The number of carbonyl (C=O) groups is 2. The van der Waals surface area contributed by atoms with Crippen LogP contribution in [0.5, 0.6) is 0 Å². The van der Waals surface area contributed by atoms with E-state index in [4.69, 9.17) is 9.47 Å². The number of esters is 2. The van der Waals surface area contributed by atoms with Crippen LogP contribution in [0.3, 0.4) is 0 Å². The number of aliphatic hydroxyl groups is 1. The first-order valence-corrected chi connectivity index (χ1v) is 31.5. The minimum absolute atomic E-state index is 0.0647. The predicted octanol–water partition coefficient (Wildman–Crippen LogP) is 21.4. The van der Waals surface area contributed by atoms with Crippen molar-refractivity contribution in [2.45, 2.75) is 354 Å². The number of rotatable bonds is 59. The van der Waals surface area contributed by atoms with Gasteiger partial charge in [-0.3, -0.25) is 9.59 Å². The van der Waals surface area contributed by atoms with Crippen molar-refractivity contribution in [1.82, 2.24) is 0 Å². The fourth-order valence-corrected chi connectivity index (χ4v) is 9.69. The molecule has 5 nitrogen and oxygen atoms in total. The Labute approximate surface area is 437 Å². The SMILES string of the molecule is CCCCCCC/C=C\C/C=C\C/C=C\CCCCCCCCCCC(=O)OC(CO)COC(=O)CCCCCCCCCCCCCCCCCCCCCCCCCCCCCCCCCCC. The molecule has 0 amide bonds. The molecule has 0 fully saturated rings. The van der Waals surface area contributed by atoms with E-state index in [1.807, 2.05) is 0 Å². The van der Waals surface area contributed by atoms with Gasteiger partial charge in [0.1, 0.15) is 6.61 Å². The van der Waals surface area contributed by atoms with Gasteiger partial charge < -0.3 is 14.6 Å². The summed E-state index contributed by atoms with van der Waals surface area (Å²) in [5.74, 6) is -0.581. The van der Waals surface area contributed by atoms with Crippen LogP contribution in [-0.2, 0) is 19.1 Å². The number of unbranched alkanes of at least 4 members (excludes halogenated alkanes) is 45. The lowest BCUT2D eigenvalue weighted by Crippen LogP contribution is -2.28. The third kappa shape index (κ3) is 58.7. The van der Waals surface area contributed by atoms with Crippen LogP contribution in [0.4, 0.5) is 0 Å². The summed E-state index contributed by atoms with van der Waals surface area (Å²) < 4.78 is 10.7. The molecule has 0 aromatic rings. The largest absolute Gasteiger partial charge is 0.462 e. The number of aliphatic hydroxyl groups excluding tert-OH is 1. The van der Waals surface area contributed by atoms with Gasteiger partial charge in [-0.05, 0) is 51.4 Å². The second-order valence-electron chi connectivity index (χ2n) is 21.5. The fourth-order valence-electron chi connectivity index (χ4n) is 9.69. The number of hydrogen-bond donors (Lipinski definition) is 1. The molecule has 0 saturated carbocycles. The zero-order chi connectivity index (χ0) is 50.6. The molecule has 0 aliphatic carbocycles. The van der Waals surface area contributed by atoms with E-state index in [9.17, 15) is 14.7 Å². The summed E-state index contributed by atoms with van der Waals surface area (Å²) in [7, 11) is 0. The van der Waals surface area contributed by atoms with Crippen molar-refractivity contribution in [2.24, 2.45) is 0 Å². The van der Waals surface area contributed by atoms with Crippen molar-refractivity contribution in [3.63, 3.8) is 0 Å². The Bertz CT molecular complexity index is 1110. The van der Waals surface area contributed by atoms with Gasteiger partial charge in [0.15, 0.2) is 6.10 Å². The molecule has 1 unspecified atom stereocenters. The van der Waals surface area contributed by atoms with Crippen LogP contribution in [0, 0.1) is 0 Å². The molecule has 0 spiro atoms. The molecule has 0 aliphatic rings. The van der Waals surface area contributed by atoms with Gasteiger partial charge in [0.05, 0.1) is 6.61 Å². The Morgan fingerprint density at radius 3 is 0.857 bits per heavy atom. The molecule has 412 valence electrons. The van der Waals surface area contributed by atoms with Gasteiger partial charge in [-0.2, -0.15) is 0 Å². The molecule has 0 aromatic heterocycles. The molecule has 5 heteroatoms. The van der Waals surface area contributed by atoms with Gasteiger partial charge in [0, 0.05) is 12.8 Å². The fraction of sp³-hybridized carbons (Fsp3) is 0.877. The molecular formula is C65H122O5. The van der Waals surface area contributed by atoms with Crippen LogP contribution in [-0.4, -0.2) is 36.4 Å². The third-order valence-electron chi connectivity index (χ3n) is 14.4. The lowest BCUT2D eigenvalue weighted by Gasteiger charge is -2.15. The highest BCUT2D eigenvalue weighted by atomic mass is 16.6. The van der Waals surface area contributed by atoms with Crippen molar-refractivity contribution >= 4 is 11.9 Å². The monoisotopic (exact) mass is 983 g/mol. The van der Waals surface area contributed by atoms with Gasteiger partial charge >= 0.3 is 11.9 Å². The maximum Gasteiger partial charge on any atom is 0.306 e. The van der Waals surface area contributed by atoms with E-state index in [2.05, 4.69) is 50.3 Å². The lowest BCUT2D eigenvalue weighted by molar-refractivity contribution is -0.161. The molecule has 0 heterocycles. The first kappa shape index (κ1) is 68.1. The normalized spacial score (nSPS) is 12.3.